The van der Waals surface area contributed by atoms with Gasteiger partial charge in [0.25, 0.3) is 5.91 Å². The van der Waals surface area contributed by atoms with Crippen molar-refractivity contribution in [3.05, 3.63) is 29.8 Å². The summed E-state index contributed by atoms with van der Waals surface area (Å²) in [6, 6.07) is 6.11. The lowest BCUT2D eigenvalue weighted by atomic mass is 10.1. The number of carbonyl (C=O) groups excluding carboxylic acids is 1. The molecule has 0 heterocycles. The Bertz CT molecular complexity index is 442. The van der Waals surface area contributed by atoms with Crippen molar-refractivity contribution in [2.75, 3.05) is 6.54 Å². The van der Waals surface area contributed by atoms with Crippen LogP contribution in [0.15, 0.2) is 24.3 Å². The van der Waals surface area contributed by atoms with E-state index >= 15 is 0 Å². The lowest BCUT2D eigenvalue weighted by Crippen LogP contribution is -2.38. The first-order valence-corrected chi connectivity index (χ1v) is 5.74. The predicted molar refractivity (Wildman–Crippen MR) is 66.5 cm³/mol. The van der Waals surface area contributed by atoms with Crippen molar-refractivity contribution in [2.24, 2.45) is 0 Å². The number of aromatic hydroxyl groups is 1. The highest BCUT2D eigenvalue weighted by Gasteiger charge is 2.21. The number of carboxylic acid groups (broad SMARTS) is 1. The third-order valence-corrected chi connectivity index (χ3v) is 2.59. The molecule has 0 aliphatic heterocycles. The Morgan fingerprint density at radius 2 is 1.89 bits per heavy atom. The van der Waals surface area contributed by atoms with Crippen molar-refractivity contribution >= 4 is 11.9 Å². The molecule has 0 aliphatic carbocycles. The minimum Gasteiger partial charge on any atom is -0.507 e. The highest BCUT2D eigenvalue weighted by molar-refractivity contribution is 5.97. The smallest absolute Gasteiger partial charge is 0.305 e. The van der Waals surface area contributed by atoms with E-state index in [4.69, 9.17) is 5.11 Å². The van der Waals surface area contributed by atoms with Crippen LogP contribution in [-0.2, 0) is 4.79 Å². The fraction of sp³-hybridized carbons (Fsp3) is 0.385. The zero-order valence-corrected chi connectivity index (χ0v) is 10.5. The van der Waals surface area contributed by atoms with E-state index < -0.39 is 5.97 Å². The molecule has 5 heteroatoms. The van der Waals surface area contributed by atoms with E-state index in [-0.39, 0.29) is 36.2 Å². The van der Waals surface area contributed by atoms with Crippen LogP contribution in [0.4, 0.5) is 0 Å². The number of phenols is 1. The summed E-state index contributed by atoms with van der Waals surface area (Å²) in [6.45, 7) is 3.74. The maximum atomic E-state index is 12.2. The molecule has 0 aromatic heterocycles. The Morgan fingerprint density at radius 1 is 1.28 bits per heavy atom. The molecule has 0 spiro atoms. The summed E-state index contributed by atoms with van der Waals surface area (Å²) in [4.78, 5) is 24.2. The minimum absolute atomic E-state index is 0.0940. The number of aliphatic carboxylic acids is 1. The summed E-state index contributed by atoms with van der Waals surface area (Å²) in [5, 5.41) is 18.3. The van der Waals surface area contributed by atoms with Gasteiger partial charge in [-0.15, -0.1) is 0 Å². The summed E-state index contributed by atoms with van der Waals surface area (Å²) < 4.78 is 0. The molecule has 98 valence electrons. The van der Waals surface area contributed by atoms with Gasteiger partial charge in [-0.05, 0) is 26.0 Å². The highest BCUT2D eigenvalue weighted by atomic mass is 16.4. The van der Waals surface area contributed by atoms with E-state index in [0.29, 0.717) is 0 Å². The Balaban J connectivity index is 2.90. The second kappa shape index (κ2) is 6.05. The second-order valence-electron chi connectivity index (χ2n) is 4.25. The topological polar surface area (TPSA) is 77.8 Å². The van der Waals surface area contributed by atoms with Crippen LogP contribution in [0.3, 0.4) is 0 Å². The summed E-state index contributed by atoms with van der Waals surface area (Å²) >= 11 is 0. The molecule has 0 bridgehead atoms. The van der Waals surface area contributed by atoms with Gasteiger partial charge in [0.1, 0.15) is 5.75 Å². The van der Waals surface area contributed by atoms with E-state index in [1.54, 1.807) is 26.0 Å². The first kappa shape index (κ1) is 14.0. The number of hydrogen-bond donors (Lipinski definition) is 2. The lowest BCUT2D eigenvalue weighted by molar-refractivity contribution is -0.137. The molecule has 0 radical (unpaired) electrons. The Morgan fingerprint density at radius 3 is 2.39 bits per heavy atom. The molecule has 5 nitrogen and oxygen atoms in total. The zero-order chi connectivity index (χ0) is 13.7. The van der Waals surface area contributed by atoms with Gasteiger partial charge in [-0.1, -0.05) is 12.1 Å². The van der Waals surface area contributed by atoms with Crippen LogP contribution in [0, 0.1) is 0 Å². The maximum Gasteiger partial charge on any atom is 0.305 e. The van der Waals surface area contributed by atoms with Crippen molar-refractivity contribution in [3.63, 3.8) is 0 Å². The highest BCUT2D eigenvalue weighted by Crippen LogP contribution is 2.19. The summed E-state index contributed by atoms with van der Waals surface area (Å²) in [5.74, 6) is -1.40. The molecule has 0 aliphatic rings. The van der Waals surface area contributed by atoms with Gasteiger partial charge in [0.15, 0.2) is 0 Å². The van der Waals surface area contributed by atoms with Gasteiger partial charge in [0.2, 0.25) is 0 Å². The average molecular weight is 251 g/mol. The predicted octanol–water partition coefficient (Wildman–Crippen LogP) is 1.72. The first-order valence-electron chi connectivity index (χ1n) is 5.74. The van der Waals surface area contributed by atoms with E-state index in [1.807, 2.05) is 0 Å². The standard InChI is InChI=1S/C13H17NO4/c1-9(2)14(8-7-12(16)17)13(18)10-5-3-4-6-11(10)15/h3-6,9,15H,7-8H2,1-2H3,(H,16,17). The van der Waals surface area contributed by atoms with Gasteiger partial charge < -0.3 is 15.1 Å². The second-order valence-corrected chi connectivity index (χ2v) is 4.25. The molecule has 1 amide bonds. The maximum absolute atomic E-state index is 12.2. The van der Waals surface area contributed by atoms with Gasteiger partial charge in [0, 0.05) is 12.6 Å². The number of amides is 1. The lowest BCUT2D eigenvalue weighted by Gasteiger charge is -2.26. The number of rotatable bonds is 5. The zero-order valence-electron chi connectivity index (χ0n) is 10.5. The molecular weight excluding hydrogens is 234 g/mol. The number of hydrogen-bond acceptors (Lipinski definition) is 3. The number of nitrogens with zero attached hydrogens (tertiary/aromatic N) is 1. The number of benzene rings is 1. The molecule has 0 saturated carbocycles. The van der Waals surface area contributed by atoms with Gasteiger partial charge in [0.05, 0.1) is 12.0 Å². The normalized spacial score (nSPS) is 10.4. The molecule has 1 aromatic carbocycles. The molecule has 18 heavy (non-hydrogen) atoms. The van der Waals surface area contributed by atoms with Crippen molar-refractivity contribution in [1.29, 1.82) is 0 Å². The van der Waals surface area contributed by atoms with E-state index in [1.165, 1.54) is 17.0 Å². The number of carbonyl (C=O) groups is 2. The van der Waals surface area contributed by atoms with Gasteiger partial charge in [-0.3, -0.25) is 9.59 Å². The van der Waals surface area contributed by atoms with E-state index in [2.05, 4.69) is 0 Å². The largest absolute Gasteiger partial charge is 0.507 e. The average Bonchev–Trinajstić information content (AvgIpc) is 2.28. The SMILES string of the molecule is CC(C)N(CCC(=O)O)C(=O)c1ccccc1O. The Kier molecular flexibility index (Phi) is 4.71. The Labute approximate surface area is 106 Å². The van der Waals surface area contributed by atoms with Crippen LogP contribution in [0.2, 0.25) is 0 Å². The van der Waals surface area contributed by atoms with Crippen LogP contribution < -0.4 is 0 Å². The third kappa shape index (κ3) is 3.48. The minimum atomic E-state index is -0.953. The molecule has 0 unspecified atom stereocenters. The third-order valence-electron chi connectivity index (χ3n) is 2.59. The van der Waals surface area contributed by atoms with Crippen molar-refractivity contribution < 1.29 is 19.8 Å². The molecule has 1 aromatic rings. The number of para-hydroxylation sites is 1. The Hall–Kier alpha value is -2.04. The van der Waals surface area contributed by atoms with Crippen LogP contribution in [0.1, 0.15) is 30.6 Å². The van der Waals surface area contributed by atoms with Crippen LogP contribution in [0.25, 0.3) is 0 Å². The summed E-state index contributed by atoms with van der Waals surface area (Å²) in [7, 11) is 0. The van der Waals surface area contributed by atoms with Gasteiger partial charge in [-0.2, -0.15) is 0 Å². The molecule has 2 N–H and O–H groups in total. The summed E-state index contributed by atoms with van der Waals surface area (Å²) in [5.41, 5.74) is 0.191. The van der Waals surface area contributed by atoms with Crippen LogP contribution in [-0.4, -0.2) is 39.6 Å². The van der Waals surface area contributed by atoms with E-state index in [9.17, 15) is 14.7 Å². The van der Waals surface area contributed by atoms with E-state index in [0.717, 1.165) is 0 Å². The van der Waals surface area contributed by atoms with Gasteiger partial charge in [-0.25, -0.2) is 0 Å². The van der Waals surface area contributed by atoms with Crippen molar-refractivity contribution in [1.82, 2.24) is 4.90 Å². The molecule has 1 rings (SSSR count). The fourth-order valence-electron chi connectivity index (χ4n) is 1.62. The monoisotopic (exact) mass is 251 g/mol. The first-order chi connectivity index (χ1) is 8.43. The molecule has 0 fully saturated rings. The number of carboxylic acids is 1. The van der Waals surface area contributed by atoms with Crippen LogP contribution in [0.5, 0.6) is 5.75 Å². The van der Waals surface area contributed by atoms with Crippen molar-refractivity contribution in [2.45, 2.75) is 26.3 Å². The number of phenolic OH excluding ortho intramolecular Hbond substituents is 1. The summed E-state index contributed by atoms with van der Waals surface area (Å²) in [6.07, 6.45) is -0.114. The molecular formula is C13H17NO4. The fourth-order valence-corrected chi connectivity index (χ4v) is 1.62. The van der Waals surface area contributed by atoms with Crippen molar-refractivity contribution in [3.8, 4) is 5.75 Å². The molecule has 0 saturated heterocycles. The van der Waals surface area contributed by atoms with Crippen LogP contribution >= 0.6 is 0 Å². The molecule has 0 atom stereocenters. The van der Waals surface area contributed by atoms with Gasteiger partial charge >= 0.3 is 5.97 Å². The quantitative estimate of drug-likeness (QED) is 0.835.